The fraction of sp³-hybridized carbons (Fsp3) is 0.217. The van der Waals surface area contributed by atoms with Crippen LogP contribution in [0.2, 0.25) is 0 Å². The van der Waals surface area contributed by atoms with E-state index in [1.807, 2.05) is 12.1 Å². The summed E-state index contributed by atoms with van der Waals surface area (Å²) in [4.78, 5) is 18.5. The van der Waals surface area contributed by atoms with Crippen LogP contribution in [-0.4, -0.2) is 28.6 Å². The predicted octanol–water partition coefficient (Wildman–Crippen LogP) is 5.47. The minimum absolute atomic E-state index is 0.228. The molecule has 0 bridgehead atoms. The number of anilines is 1. The van der Waals surface area contributed by atoms with Gasteiger partial charge in [0.15, 0.2) is 5.76 Å². The summed E-state index contributed by atoms with van der Waals surface area (Å²) in [7, 11) is 0. The van der Waals surface area contributed by atoms with Gasteiger partial charge in [-0.1, -0.05) is 0 Å². The van der Waals surface area contributed by atoms with Gasteiger partial charge in [-0.25, -0.2) is 14.2 Å². The molecule has 0 amide bonds. The monoisotopic (exact) mass is 390 g/mol. The van der Waals surface area contributed by atoms with E-state index in [1.165, 1.54) is 12.1 Å². The lowest BCUT2D eigenvalue weighted by Crippen LogP contribution is -2.27. The molecule has 2 aromatic heterocycles. The van der Waals surface area contributed by atoms with Crippen molar-refractivity contribution in [1.29, 1.82) is 0 Å². The molecule has 6 heteroatoms. The molecule has 0 radical (unpaired) electrons. The van der Waals surface area contributed by atoms with E-state index in [9.17, 15) is 14.3 Å². The van der Waals surface area contributed by atoms with Gasteiger partial charge < -0.3 is 14.4 Å². The first kappa shape index (κ1) is 17.7. The minimum Gasteiger partial charge on any atom is -0.478 e. The number of benzene rings is 2. The first-order valence-electron chi connectivity index (χ1n) is 9.64. The highest BCUT2D eigenvalue weighted by Crippen LogP contribution is 2.38. The number of hydrogen-bond acceptors (Lipinski definition) is 4. The second-order valence-corrected chi connectivity index (χ2v) is 7.55. The van der Waals surface area contributed by atoms with E-state index in [0.29, 0.717) is 28.6 Å². The quantitative estimate of drug-likeness (QED) is 0.502. The number of pyridine rings is 1. The SMILES string of the molecule is C[C@H]1CCCN1c1cc2cc(C(=O)O)ccc2nc1-c1cc2ccc(F)cc2o1. The van der Waals surface area contributed by atoms with Gasteiger partial charge in [-0.05, 0) is 62.2 Å². The maximum absolute atomic E-state index is 13.6. The molecule has 29 heavy (non-hydrogen) atoms. The fourth-order valence-corrected chi connectivity index (χ4v) is 4.11. The van der Waals surface area contributed by atoms with Gasteiger partial charge >= 0.3 is 5.97 Å². The molecule has 1 N–H and O–H groups in total. The Labute approximate surface area is 166 Å². The Bertz CT molecular complexity index is 1260. The largest absolute Gasteiger partial charge is 0.478 e. The molecule has 4 aromatic rings. The zero-order valence-corrected chi connectivity index (χ0v) is 15.9. The first-order valence-corrected chi connectivity index (χ1v) is 9.64. The molecule has 2 aromatic carbocycles. The van der Waals surface area contributed by atoms with Crippen molar-refractivity contribution in [1.82, 2.24) is 4.98 Å². The van der Waals surface area contributed by atoms with Crippen molar-refractivity contribution in [3.05, 3.63) is 59.9 Å². The van der Waals surface area contributed by atoms with Crippen molar-refractivity contribution in [2.75, 3.05) is 11.4 Å². The number of hydrogen-bond donors (Lipinski definition) is 1. The van der Waals surface area contributed by atoms with Crippen molar-refractivity contribution in [2.45, 2.75) is 25.8 Å². The standard InChI is InChI=1S/C23H19FN2O3/c1-13-3-2-8-26(13)19-10-16-9-15(23(27)28)5-7-18(16)25-22(19)21-11-14-4-6-17(24)12-20(14)29-21/h4-7,9-13H,2-3,8H2,1H3,(H,27,28)/t13-/m0/s1. The van der Waals surface area contributed by atoms with Crippen LogP contribution in [-0.2, 0) is 0 Å². The molecular formula is C23H19FN2O3. The van der Waals surface area contributed by atoms with Crippen LogP contribution >= 0.6 is 0 Å². The number of nitrogens with zero attached hydrogens (tertiary/aromatic N) is 2. The molecule has 5 nitrogen and oxygen atoms in total. The summed E-state index contributed by atoms with van der Waals surface area (Å²) < 4.78 is 19.6. The number of furan rings is 1. The lowest BCUT2D eigenvalue weighted by Gasteiger charge is -2.26. The van der Waals surface area contributed by atoms with Gasteiger partial charge in [-0.2, -0.15) is 0 Å². The van der Waals surface area contributed by atoms with Gasteiger partial charge in [0.25, 0.3) is 0 Å². The van der Waals surface area contributed by atoms with Crippen LogP contribution in [0.25, 0.3) is 33.3 Å². The van der Waals surface area contributed by atoms with Crippen LogP contribution in [0.5, 0.6) is 0 Å². The van der Waals surface area contributed by atoms with E-state index >= 15 is 0 Å². The van der Waals surface area contributed by atoms with Gasteiger partial charge in [0.05, 0.1) is 16.8 Å². The number of aromatic carboxylic acids is 1. The Hall–Kier alpha value is -3.41. The summed E-state index contributed by atoms with van der Waals surface area (Å²) >= 11 is 0. The summed E-state index contributed by atoms with van der Waals surface area (Å²) in [5, 5.41) is 10.9. The zero-order chi connectivity index (χ0) is 20.1. The Kier molecular flexibility index (Phi) is 4.01. The van der Waals surface area contributed by atoms with Crippen LogP contribution in [0.1, 0.15) is 30.1 Å². The molecule has 0 spiro atoms. The molecule has 1 fully saturated rings. The van der Waals surface area contributed by atoms with Crippen molar-refractivity contribution in [3.63, 3.8) is 0 Å². The third-order valence-corrected chi connectivity index (χ3v) is 5.62. The predicted molar refractivity (Wildman–Crippen MR) is 110 cm³/mol. The van der Waals surface area contributed by atoms with Gasteiger partial charge in [-0.15, -0.1) is 0 Å². The topological polar surface area (TPSA) is 66.6 Å². The molecule has 0 aliphatic carbocycles. The lowest BCUT2D eigenvalue weighted by molar-refractivity contribution is 0.0697. The van der Waals surface area contributed by atoms with Gasteiger partial charge in [0.1, 0.15) is 17.1 Å². The minimum atomic E-state index is -0.966. The highest BCUT2D eigenvalue weighted by atomic mass is 19.1. The van der Waals surface area contributed by atoms with Crippen molar-refractivity contribution >= 4 is 33.5 Å². The molecule has 0 unspecified atom stereocenters. The van der Waals surface area contributed by atoms with Crippen LogP contribution in [0, 0.1) is 5.82 Å². The zero-order valence-electron chi connectivity index (χ0n) is 15.9. The van der Waals surface area contributed by atoms with E-state index in [0.717, 1.165) is 35.8 Å². The maximum atomic E-state index is 13.6. The number of carbonyl (C=O) groups is 1. The number of carboxylic acids is 1. The Morgan fingerprint density at radius 3 is 2.79 bits per heavy atom. The van der Waals surface area contributed by atoms with Gasteiger partial charge in [0.2, 0.25) is 0 Å². The number of aromatic nitrogens is 1. The van der Waals surface area contributed by atoms with E-state index in [4.69, 9.17) is 9.40 Å². The van der Waals surface area contributed by atoms with Crippen molar-refractivity contribution in [2.24, 2.45) is 0 Å². The highest BCUT2D eigenvalue weighted by Gasteiger charge is 2.26. The van der Waals surface area contributed by atoms with Crippen LogP contribution in [0.3, 0.4) is 0 Å². The number of halogens is 1. The number of fused-ring (bicyclic) bond motifs is 2. The van der Waals surface area contributed by atoms with Gasteiger partial charge in [-0.3, -0.25) is 0 Å². The molecule has 1 aliphatic rings. The smallest absolute Gasteiger partial charge is 0.335 e. The van der Waals surface area contributed by atoms with Crippen molar-refractivity contribution < 1.29 is 18.7 Å². The van der Waals surface area contributed by atoms with Crippen LogP contribution in [0.4, 0.5) is 10.1 Å². The molecular weight excluding hydrogens is 371 g/mol. The summed E-state index contributed by atoms with van der Waals surface area (Å²) in [5.74, 6) is -0.741. The van der Waals surface area contributed by atoms with E-state index in [-0.39, 0.29) is 11.4 Å². The third kappa shape index (κ3) is 3.01. The average Bonchev–Trinajstić information content (AvgIpc) is 3.31. The molecule has 1 aliphatic heterocycles. The molecule has 5 rings (SSSR count). The molecule has 1 saturated heterocycles. The number of rotatable bonds is 3. The maximum Gasteiger partial charge on any atom is 0.335 e. The van der Waals surface area contributed by atoms with Crippen LogP contribution in [0.15, 0.2) is 52.9 Å². The number of carboxylic acid groups (broad SMARTS) is 1. The third-order valence-electron chi connectivity index (χ3n) is 5.62. The summed E-state index contributed by atoms with van der Waals surface area (Å²) in [6, 6.07) is 13.6. The highest BCUT2D eigenvalue weighted by molar-refractivity contribution is 5.96. The fourth-order valence-electron chi connectivity index (χ4n) is 4.11. The van der Waals surface area contributed by atoms with E-state index < -0.39 is 5.97 Å². The molecule has 1 atom stereocenters. The lowest BCUT2D eigenvalue weighted by atomic mass is 10.1. The summed E-state index contributed by atoms with van der Waals surface area (Å²) in [6.07, 6.45) is 2.16. The van der Waals surface area contributed by atoms with Gasteiger partial charge in [0, 0.05) is 29.4 Å². The average molecular weight is 390 g/mol. The van der Waals surface area contributed by atoms with Crippen molar-refractivity contribution in [3.8, 4) is 11.5 Å². The first-order chi connectivity index (χ1) is 14.0. The Morgan fingerprint density at radius 2 is 2.03 bits per heavy atom. The second-order valence-electron chi connectivity index (χ2n) is 7.55. The summed E-state index contributed by atoms with van der Waals surface area (Å²) in [5.41, 5.74) is 2.98. The molecule has 0 saturated carbocycles. The van der Waals surface area contributed by atoms with E-state index in [1.54, 1.807) is 24.3 Å². The Balaban J connectivity index is 1.75. The normalized spacial score (nSPS) is 16.8. The van der Waals surface area contributed by atoms with Crippen LogP contribution < -0.4 is 4.90 Å². The second kappa shape index (κ2) is 6.58. The molecule has 146 valence electrons. The van der Waals surface area contributed by atoms with E-state index in [2.05, 4.69) is 11.8 Å². The Morgan fingerprint density at radius 1 is 1.17 bits per heavy atom. The molecule has 3 heterocycles. The summed E-state index contributed by atoms with van der Waals surface area (Å²) in [6.45, 7) is 3.07.